The standard InChI is InChI=1S/C22H23BO2/c1-3-11-22(17-16-20-12-7-5-8-13-20)25-23(4-2)24-19-18-21-14-9-6-10-15-21/h3-10,12-19,22H,1-2,11H2/b17-16+,19-18+. The van der Waals surface area contributed by atoms with Gasteiger partial charge in [-0.15, -0.1) is 13.2 Å². The van der Waals surface area contributed by atoms with Gasteiger partial charge in [0.1, 0.15) is 0 Å². The molecule has 2 aromatic rings. The topological polar surface area (TPSA) is 18.5 Å². The van der Waals surface area contributed by atoms with E-state index in [9.17, 15) is 0 Å². The average Bonchev–Trinajstić information content (AvgIpc) is 2.67. The van der Waals surface area contributed by atoms with E-state index in [4.69, 9.17) is 9.31 Å². The minimum atomic E-state index is -0.523. The first-order chi connectivity index (χ1) is 12.3. The third kappa shape index (κ3) is 7.11. The zero-order chi connectivity index (χ0) is 17.7. The highest BCUT2D eigenvalue weighted by Crippen LogP contribution is 2.10. The van der Waals surface area contributed by atoms with E-state index in [1.165, 1.54) is 0 Å². The van der Waals surface area contributed by atoms with Crippen molar-refractivity contribution >= 4 is 19.3 Å². The van der Waals surface area contributed by atoms with Crippen LogP contribution in [0.1, 0.15) is 17.5 Å². The maximum atomic E-state index is 5.95. The molecule has 0 saturated carbocycles. The summed E-state index contributed by atoms with van der Waals surface area (Å²) in [7, 11) is -0.523. The molecule has 0 fully saturated rings. The van der Waals surface area contributed by atoms with E-state index in [2.05, 4.69) is 13.2 Å². The van der Waals surface area contributed by atoms with Crippen LogP contribution in [0.15, 0.2) is 98.2 Å². The summed E-state index contributed by atoms with van der Waals surface area (Å²) in [4.78, 5) is 0. The van der Waals surface area contributed by atoms with E-state index in [1.54, 1.807) is 12.2 Å². The van der Waals surface area contributed by atoms with Gasteiger partial charge in [0.2, 0.25) is 0 Å². The van der Waals surface area contributed by atoms with Gasteiger partial charge >= 0.3 is 7.12 Å². The van der Waals surface area contributed by atoms with Crippen LogP contribution in [0.2, 0.25) is 0 Å². The molecular formula is C22H23BO2. The summed E-state index contributed by atoms with van der Waals surface area (Å²) in [5.74, 6) is 1.64. The Balaban J connectivity index is 1.93. The molecule has 25 heavy (non-hydrogen) atoms. The Morgan fingerprint density at radius 2 is 1.48 bits per heavy atom. The molecule has 0 saturated heterocycles. The Kier molecular flexibility index (Phi) is 8.09. The molecule has 0 N–H and O–H groups in total. The van der Waals surface area contributed by atoms with E-state index >= 15 is 0 Å². The van der Waals surface area contributed by atoms with Gasteiger partial charge in [0.05, 0.1) is 12.4 Å². The fourth-order valence-corrected chi connectivity index (χ4v) is 2.20. The van der Waals surface area contributed by atoms with Crippen molar-refractivity contribution in [3.8, 4) is 0 Å². The van der Waals surface area contributed by atoms with Crippen molar-refractivity contribution in [1.82, 2.24) is 0 Å². The normalized spacial score (nSPS) is 12.2. The lowest BCUT2D eigenvalue weighted by molar-refractivity contribution is 0.209. The van der Waals surface area contributed by atoms with Crippen LogP contribution >= 0.6 is 0 Å². The van der Waals surface area contributed by atoms with Crippen LogP contribution in [0.4, 0.5) is 0 Å². The highest BCUT2D eigenvalue weighted by molar-refractivity contribution is 6.50. The largest absolute Gasteiger partial charge is 0.554 e. The summed E-state index contributed by atoms with van der Waals surface area (Å²) in [6, 6.07) is 20.1. The van der Waals surface area contributed by atoms with Crippen LogP contribution in [0.3, 0.4) is 0 Å². The number of hydrogen-bond donors (Lipinski definition) is 0. The van der Waals surface area contributed by atoms with E-state index in [0.29, 0.717) is 6.42 Å². The van der Waals surface area contributed by atoms with Crippen molar-refractivity contribution in [2.75, 3.05) is 0 Å². The molecule has 3 heteroatoms. The Morgan fingerprint density at radius 3 is 2.04 bits per heavy atom. The predicted octanol–water partition coefficient (Wildman–Crippen LogP) is 5.56. The van der Waals surface area contributed by atoms with Crippen molar-refractivity contribution in [2.45, 2.75) is 12.5 Å². The fourth-order valence-electron chi connectivity index (χ4n) is 2.20. The summed E-state index contributed by atoms with van der Waals surface area (Å²) in [5.41, 5.74) is 2.19. The lowest BCUT2D eigenvalue weighted by atomic mass is 9.90. The zero-order valence-electron chi connectivity index (χ0n) is 14.3. The van der Waals surface area contributed by atoms with E-state index in [1.807, 2.05) is 85.0 Å². The zero-order valence-corrected chi connectivity index (χ0v) is 14.3. The first kappa shape index (κ1) is 18.6. The Morgan fingerprint density at radius 1 is 0.880 bits per heavy atom. The van der Waals surface area contributed by atoms with Gasteiger partial charge in [0.15, 0.2) is 0 Å². The van der Waals surface area contributed by atoms with Gasteiger partial charge in [0, 0.05) is 0 Å². The van der Waals surface area contributed by atoms with E-state index in [-0.39, 0.29) is 6.10 Å². The van der Waals surface area contributed by atoms with Crippen LogP contribution in [-0.2, 0) is 9.31 Å². The molecule has 0 radical (unpaired) electrons. The monoisotopic (exact) mass is 330 g/mol. The van der Waals surface area contributed by atoms with Crippen molar-refractivity contribution in [3.63, 3.8) is 0 Å². The van der Waals surface area contributed by atoms with Gasteiger partial charge in [0.25, 0.3) is 0 Å². The van der Waals surface area contributed by atoms with E-state index < -0.39 is 7.12 Å². The Labute approximate surface area is 150 Å². The molecule has 2 rings (SSSR count). The molecule has 126 valence electrons. The van der Waals surface area contributed by atoms with Crippen molar-refractivity contribution in [3.05, 3.63) is 109 Å². The summed E-state index contributed by atoms with van der Waals surface area (Å²) < 4.78 is 11.6. The molecule has 1 atom stereocenters. The quantitative estimate of drug-likeness (QED) is 0.322. The van der Waals surface area contributed by atoms with Crippen LogP contribution < -0.4 is 0 Å². The van der Waals surface area contributed by atoms with Gasteiger partial charge in [-0.3, -0.25) is 0 Å². The molecule has 0 heterocycles. The maximum Gasteiger partial charge on any atom is 0.554 e. The van der Waals surface area contributed by atoms with Crippen molar-refractivity contribution < 1.29 is 9.31 Å². The highest BCUT2D eigenvalue weighted by Gasteiger charge is 2.18. The number of rotatable bonds is 10. The third-order valence-corrected chi connectivity index (χ3v) is 3.48. The molecular weight excluding hydrogens is 307 g/mol. The lowest BCUT2D eigenvalue weighted by Crippen LogP contribution is -2.24. The van der Waals surface area contributed by atoms with Crippen LogP contribution in [0, 0.1) is 0 Å². The molecule has 0 amide bonds. The van der Waals surface area contributed by atoms with Gasteiger partial charge < -0.3 is 9.31 Å². The molecule has 2 nitrogen and oxygen atoms in total. The van der Waals surface area contributed by atoms with E-state index in [0.717, 1.165) is 11.1 Å². The van der Waals surface area contributed by atoms with Crippen LogP contribution in [0.25, 0.3) is 12.2 Å². The number of hydrogen-bond acceptors (Lipinski definition) is 2. The summed E-state index contributed by atoms with van der Waals surface area (Å²) in [5, 5.41) is 0. The molecule has 0 aromatic heterocycles. The smallest absolute Gasteiger partial charge is 0.539 e. The summed E-state index contributed by atoms with van der Waals surface area (Å²) in [6.45, 7) is 7.58. The fraction of sp³-hybridized carbons (Fsp3) is 0.0909. The molecule has 0 aliphatic heterocycles. The first-order valence-corrected chi connectivity index (χ1v) is 8.31. The number of benzene rings is 2. The van der Waals surface area contributed by atoms with Gasteiger partial charge in [-0.05, 0) is 29.6 Å². The molecule has 1 unspecified atom stereocenters. The summed E-state index contributed by atoms with van der Waals surface area (Å²) >= 11 is 0. The molecule has 2 aromatic carbocycles. The SMILES string of the molecule is C=CCC(/C=C/c1ccccc1)OB(C=C)O/C=C/c1ccccc1. The van der Waals surface area contributed by atoms with Crippen molar-refractivity contribution in [2.24, 2.45) is 0 Å². The second-order valence-corrected chi connectivity index (χ2v) is 5.42. The molecule has 0 aliphatic rings. The van der Waals surface area contributed by atoms with Crippen LogP contribution in [0.5, 0.6) is 0 Å². The van der Waals surface area contributed by atoms with Gasteiger partial charge in [-0.1, -0.05) is 78.9 Å². The van der Waals surface area contributed by atoms with Gasteiger partial charge in [-0.25, -0.2) is 0 Å². The summed E-state index contributed by atoms with van der Waals surface area (Å²) in [6.07, 6.45) is 9.96. The second kappa shape index (κ2) is 10.9. The minimum Gasteiger partial charge on any atom is -0.539 e. The molecule has 0 bridgehead atoms. The molecule has 0 aliphatic carbocycles. The first-order valence-electron chi connectivity index (χ1n) is 8.31. The van der Waals surface area contributed by atoms with Crippen LogP contribution in [-0.4, -0.2) is 13.2 Å². The predicted molar refractivity (Wildman–Crippen MR) is 108 cm³/mol. The lowest BCUT2D eigenvalue weighted by Gasteiger charge is -2.16. The minimum absolute atomic E-state index is 0.133. The average molecular weight is 330 g/mol. The van der Waals surface area contributed by atoms with Crippen molar-refractivity contribution in [1.29, 1.82) is 0 Å². The Hall–Kier alpha value is -2.78. The Bertz CT molecular complexity index is 692. The highest BCUT2D eigenvalue weighted by atomic mass is 16.6. The second-order valence-electron chi connectivity index (χ2n) is 5.42. The third-order valence-electron chi connectivity index (χ3n) is 3.48. The molecule has 0 spiro atoms. The maximum absolute atomic E-state index is 5.95. The van der Waals surface area contributed by atoms with Gasteiger partial charge in [-0.2, -0.15) is 0 Å².